The first kappa shape index (κ1) is 12.6. The van der Waals surface area contributed by atoms with Crippen LogP contribution in [0.5, 0.6) is 0 Å². The fraction of sp³-hybridized carbons (Fsp3) is 0.143. The summed E-state index contributed by atoms with van der Waals surface area (Å²) < 4.78 is 1.06. The minimum Gasteiger partial charge on any atom is -0.340 e. The van der Waals surface area contributed by atoms with Gasteiger partial charge in [0.05, 0.1) is 0 Å². The molecule has 4 heteroatoms. The number of nitrogens with zero attached hydrogens (tertiary/aromatic N) is 2. The molecule has 0 radical (unpaired) electrons. The van der Waals surface area contributed by atoms with Crippen LogP contribution < -0.4 is 5.32 Å². The fourth-order valence-electron chi connectivity index (χ4n) is 1.80. The predicted molar refractivity (Wildman–Crippen MR) is 75.9 cm³/mol. The lowest BCUT2D eigenvalue weighted by molar-refractivity contribution is 1.24. The van der Waals surface area contributed by atoms with Crippen LogP contribution in [0.4, 0.5) is 11.5 Å². The Hall–Kier alpha value is -1.86. The van der Waals surface area contributed by atoms with Gasteiger partial charge in [-0.25, -0.2) is 4.98 Å². The molecule has 1 aromatic heterocycles. The van der Waals surface area contributed by atoms with Crippen LogP contribution in [0.15, 0.2) is 34.8 Å². The van der Waals surface area contributed by atoms with E-state index in [-0.39, 0.29) is 0 Å². The second kappa shape index (κ2) is 5.19. The van der Waals surface area contributed by atoms with Gasteiger partial charge in [-0.05, 0) is 49.2 Å². The summed E-state index contributed by atoms with van der Waals surface area (Å²) in [5.41, 5.74) is 3.70. The molecule has 0 saturated carbocycles. The number of pyridine rings is 1. The molecule has 1 N–H and O–H groups in total. The van der Waals surface area contributed by atoms with E-state index in [1.165, 1.54) is 0 Å². The molecular weight excluding hydrogens is 290 g/mol. The molecule has 18 heavy (non-hydrogen) atoms. The first-order valence-corrected chi connectivity index (χ1v) is 6.30. The molecule has 90 valence electrons. The molecule has 0 aliphatic rings. The highest BCUT2D eigenvalue weighted by molar-refractivity contribution is 9.10. The number of aryl methyl sites for hydroxylation is 2. The van der Waals surface area contributed by atoms with Gasteiger partial charge in [-0.15, -0.1) is 0 Å². The molecule has 3 nitrogen and oxygen atoms in total. The van der Waals surface area contributed by atoms with Gasteiger partial charge in [-0.1, -0.05) is 22.0 Å². The highest BCUT2D eigenvalue weighted by Gasteiger charge is 2.05. The van der Waals surface area contributed by atoms with Crippen LogP contribution in [0.25, 0.3) is 0 Å². The van der Waals surface area contributed by atoms with Gasteiger partial charge in [0, 0.05) is 10.2 Å². The third-order valence-corrected chi connectivity index (χ3v) is 3.07. The maximum atomic E-state index is 8.83. The van der Waals surface area contributed by atoms with Crippen molar-refractivity contribution in [2.24, 2.45) is 0 Å². The van der Waals surface area contributed by atoms with E-state index in [1.807, 2.05) is 44.2 Å². The first-order chi connectivity index (χ1) is 8.60. The van der Waals surface area contributed by atoms with Gasteiger partial charge in [-0.3, -0.25) is 0 Å². The molecule has 0 bridgehead atoms. The number of halogens is 1. The number of benzene rings is 1. The Kier molecular flexibility index (Phi) is 3.63. The number of hydrogen-bond donors (Lipinski definition) is 1. The molecule has 2 aromatic rings. The summed E-state index contributed by atoms with van der Waals surface area (Å²) >= 11 is 3.47. The summed E-state index contributed by atoms with van der Waals surface area (Å²) in [6, 6.07) is 11.5. The number of nitriles is 1. The van der Waals surface area contributed by atoms with Crippen molar-refractivity contribution in [1.29, 1.82) is 5.26 Å². The monoisotopic (exact) mass is 301 g/mol. The van der Waals surface area contributed by atoms with E-state index in [0.29, 0.717) is 11.5 Å². The zero-order chi connectivity index (χ0) is 13.1. The second-order valence-corrected chi connectivity index (χ2v) is 4.98. The molecule has 1 aromatic carbocycles. The average Bonchev–Trinajstić information content (AvgIpc) is 2.34. The normalized spacial score (nSPS) is 9.89. The SMILES string of the molecule is Cc1cc(Br)cc(C)c1Nc1cccc(C#N)n1. The van der Waals surface area contributed by atoms with Crippen LogP contribution in [0.2, 0.25) is 0 Å². The molecule has 0 amide bonds. The molecule has 0 atom stereocenters. The van der Waals surface area contributed by atoms with Crippen molar-refractivity contribution < 1.29 is 0 Å². The van der Waals surface area contributed by atoms with E-state index in [9.17, 15) is 0 Å². The zero-order valence-electron chi connectivity index (χ0n) is 10.2. The van der Waals surface area contributed by atoms with Gasteiger partial charge >= 0.3 is 0 Å². The lowest BCUT2D eigenvalue weighted by Crippen LogP contribution is -1.99. The number of nitrogens with one attached hydrogen (secondary N) is 1. The van der Waals surface area contributed by atoms with Crippen LogP contribution in [0.3, 0.4) is 0 Å². The highest BCUT2D eigenvalue weighted by atomic mass is 79.9. The van der Waals surface area contributed by atoms with E-state index in [4.69, 9.17) is 5.26 Å². The zero-order valence-corrected chi connectivity index (χ0v) is 11.7. The lowest BCUT2D eigenvalue weighted by Gasteiger charge is -2.12. The summed E-state index contributed by atoms with van der Waals surface area (Å²) in [5, 5.41) is 12.1. The minimum atomic E-state index is 0.410. The summed E-state index contributed by atoms with van der Waals surface area (Å²) in [4.78, 5) is 4.21. The Morgan fingerprint density at radius 1 is 1.22 bits per heavy atom. The third kappa shape index (κ3) is 2.69. The minimum absolute atomic E-state index is 0.410. The number of rotatable bonds is 2. The average molecular weight is 302 g/mol. The van der Waals surface area contributed by atoms with Crippen LogP contribution in [-0.2, 0) is 0 Å². The molecule has 0 saturated heterocycles. The Labute approximate surface area is 115 Å². The van der Waals surface area contributed by atoms with Gasteiger partial charge in [-0.2, -0.15) is 5.26 Å². The van der Waals surface area contributed by atoms with E-state index in [0.717, 1.165) is 21.3 Å². The summed E-state index contributed by atoms with van der Waals surface area (Å²) in [7, 11) is 0. The molecule has 0 fully saturated rings. The Bertz CT molecular complexity index is 606. The fourth-order valence-corrected chi connectivity index (χ4v) is 2.49. The predicted octanol–water partition coefficient (Wildman–Crippen LogP) is 4.08. The molecule has 0 spiro atoms. The van der Waals surface area contributed by atoms with E-state index < -0.39 is 0 Å². The maximum absolute atomic E-state index is 8.83. The Morgan fingerprint density at radius 3 is 2.50 bits per heavy atom. The van der Waals surface area contributed by atoms with E-state index >= 15 is 0 Å². The highest BCUT2D eigenvalue weighted by Crippen LogP contribution is 2.27. The maximum Gasteiger partial charge on any atom is 0.142 e. The number of aromatic nitrogens is 1. The van der Waals surface area contributed by atoms with Crippen LogP contribution >= 0.6 is 15.9 Å². The van der Waals surface area contributed by atoms with Crippen molar-refractivity contribution in [3.63, 3.8) is 0 Å². The van der Waals surface area contributed by atoms with Gasteiger partial charge in [0.25, 0.3) is 0 Å². The van der Waals surface area contributed by atoms with Gasteiger partial charge in [0.1, 0.15) is 17.6 Å². The molecule has 0 aliphatic heterocycles. The second-order valence-electron chi connectivity index (χ2n) is 4.06. The van der Waals surface area contributed by atoms with Crippen LogP contribution in [0.1, 0.15) is 16.8 Å². The van der Waals surface area contributed by atoms with E-state index in [2.05, 4.69) is 26.2 Å². The standard InChI is InChI=1S/C14H12BrN3/c1-9-6-11(15)7-10(2)14(9)18-13-5-3-4-12(8-16)17-13/h3-7H,1-2H3,(H,17,18). The van der Waals surface area contributed by atoms with Crippen molar-refractivity contribution in [2.75, 3.05) is 5.32 Å². The molecule has 0 unspecified atom stereocenters. The quantitative estimate of drug-likeness (QED) is 0.909. The summed E-state index contributed by atoms with van der Waals surface area (Å²) in [5.74, 6) is 0.683. The Morgan fingerprint density at radius 2 is 1.89 bits per heavy atom. The van der Waals surface area contributed by atoms with Gasteiger partial charge in [0.15, 0.2) is 0 Å². The van der Waals surface area contributed by atoms with Gasteiger partial charge in [0.2, 0.25) is 0 Å². The smallest absolute Gasteiger partial charge is 0.142 e. The van der Waals surface area contributed by atoms with Crippen molar-refractivity contribution in [2.45, 2.75) is 13.8 Å². The first-order valence-electron chi connectivity index (χ1n) is 5.51. The van der Waals surface area contributed by atoms with Crippen molar-refractivity contribution in [3.8, 4) is 6.07 Å². The van der Waals surface area contributed by atoms with Crippen LogP contribution in [-0.4, -0.2) is 4.98 Å². The molecule has 2 rings (SSSR count). The number of anilines is 2. The topological polar surface area (TPSA) is 48.7 Å². The van der Waals surface area contributed by atoms with E-state index in [1.54, 1.807) is 6.07 Å². The molecule has 0 aliphatic carbocycles. The lowest BCUT2D eigenvalue weighted by atomic mass is 10.1. The van der Waals surface area contributed by atoms with Crippen molar-refractivity contribution >= 4 is 27.4 Å². The summed E-state index contributed by atoms with van der Waals surface area (Å²) in [6.45, 7) is 4.07. The largest absolute Gasteiger partial charge is 0.340 e. The van der Waals surface area contributed by atoms with Crippen molar-refractivity contribution in [3.05, 3.63) is 51.6 Å². The summed E-state index contributed by atoms with van der Waals surface area (Å²) in [6.07, 6.45) is 0. The third-order valence-electron chi connectivity index (χ3n) is 2.61. The van der Waals surface area contributed by atoms with Crippen LogP contribution in [0, 0.1) is 25.2 Å². The molecular formula is C14H12BrN3. The van der Waals surface area contributed by atoms with Gasteiger partial charge < -0.3 is 5.32 Å². The molecule has 1 heterocycles. The number of hydrogen-bond acceptors (Lipinski definition) is 3. The van der Waals surface area contributed by atoms with Crippen molar-refractivity contribution in [1.82, 2.24) is 4.98 Å². The Balaban J connectivity index is 2.37.